The number of hydrogen-bond donors (Lipinski definition) is 1. The maximum atomic E-state index is 12.6. The number of carbonyl (C=O) groups is 2. The normalized spacial score (nSPS) is 11.9. The van der Waals surface area contributed by atoms with E-state index in [2.05, 4.69) is 15.3 Å². The van der Waals surface area contributed by atoms with E-state index in [4.69, 9.17) is 27.9 Å². The third kappa shape index (κ3) is 4.35. The second-order valence-electron chi connectivity index (χ2n) is 5.85. The Hall–Kier alpha value is -2.70. The Morgan fingerprint density at radius 3 is 2.67 bits per heavy atom. The predicted molar refractivity (Wildman–Crippen MR) is 104 cm³/mol. The minimum absolute atomic E-state index is 0.138. The second-order valence-corrected chi connectivity index (χ2v) is 6.69. The van der Waals surface area contributed by atoms with Crippen LogP contribution in [0.2, 0.25) is 10.0 Å². The van der Waals surface area contributed by atoms with E-state index in [0.29, 0.717) is 27.2 Å². The molecule has 1 aromatic carbocycles. The zero-order valence-corrected chi connectivity index (χ0v) is 16.0. The Bertz CT molecular complexity index is 1040. The van der Waals surface area contributed by atoms with Crippen LogP contribution in [0.1, 0.15) is 23.0 Å². The Kier molecular flexibility index (Phi) is 5.58. The first-order valence-electron chi connectivity index (χ1n) is 8.04. The number of amides is 1. The number of fused-ring (bicyclic) bond motifs is 1. The van der Waals surface area contributed by atoms with E-state index in [1.807, 2.05) is 12.1 Å². The summed E-state index contributed by atoms with van der Waals surface area (Å²) in [4.78, 5) is 33.2. The van der Waals surface area contributed by atoms with Crippen LogP contribution in [0.4, 0.5) is 5.82 Å². The highest BCUT2D eigenvalue weighted by atomic mass is 35.5. The highest BCUT2D eigenvalue weighted by Gasteiger charge is 2.22. The molecule has 1 N–H and O–H groups in total. The largest absolute Gasteiger partial charge is 0.449 e. The molecule has 0 saturated carbocycles. The summed E-state index contributed by atoms with van der Waals surface area (Å²) in [7, 11) is 0. The molecule has 0 bridgehead atoms. The molecule has 0 spiro atoms. The van der Waals surface area contributed by atoms with Crippen LogP contribution in [-0.2, 0) is 9.53 Å². The minimum atomic E-state index is -1.06. The van der Waals surface area contributed by atoms with Gasteiger partial charge in [0, 0.05) is 17.3 Å². The first-order valence-corrected chi connectivity index (χ1v) is 8.80. The number of benzene rings is 1. The molecule has 0 saturated heterocycles. The molecule has 1 atom stereocenters. The number of anilines is 1. The topological polar surface area (TPSA) is 81.2 Å². The number of halogens is 2. The smallest absolute Gasteiger partial charge is 0.339 e. The molecule has 8 heteroatoms. The summed E-state index contributed by atoms with van der Waals surface area (Å²) in [6.07, 6.45) is 0.296. The minimum Gasteiger partial charge on any atom is -0.449 e. The van der Waals surface area contributed by atoms with Crippen molar-refractivity contribution in [3.05, 3.63) is 63.9 Å². The number of hydrogen-bond acceptors (Lipinski definition) is 5. The number of aryl methyl sites for hydroxylation is 1. The fourth-order valence-electron chi connectivity index (χ4n) is 2.48. The molecule has 0 aliphatic rings. The molecule has 2 aromatic heterocycles. The van der Waals surface area contributed by atoms with Crippen LogP contribution in [0, 0.1) is 6.92 Å². The maximum absolute atomic E-state index is 12.6. The van der Waals surface area contributed by atoms with Gasteiger partial charge in [-0.15, -0.1) is 0 Å². The standard InChI is InChI=1S/C19H15Cl2N3O3/c1-10-7-14(13-5-3-4-6-16(13)23-10)19(26)27-11(2)18(25)24-17-15(21)8-12(20)9-22-17/h3-9,11H,1-2H3,(H,22,24,25). The van der Waals surface area contributed by atoms with Gasteiger partial charge in [-0.05, 0) is 32.0 Å². The van der Waals surface area contributed by atoms with Gasteiger partial charge in [-0.2, -0.15) is 0 Å². The lowest BCUT2D eigenvalue weighted by Gasteiger charge is -2.15. The third-order valence-corrected chi connectivity index (χ3v) is 4.26. The highest BCUT2D eigenvalue weighted by molar-refractivity contribution is 6.36. The Morgan fingerprint density at radius 1 is 1.19 bits per heavy atom. The first kappa shape index (κ1) is 19.1. The molecule has 138 valence electrons. The molecule has 0 radical (unpaired) electrons. The van der Waals surface area contributed by atoms with Crippen molar-refractivity contribution in [2.75, 3.05) is 5.32 Å². The summed E-state index contributed by atoms with van der Waals surface area (Å²) in [5, 5.41) is 3.70. The molecule has 3 aromatic rings. The van der Waals surface area contributed by atoms with E-state index >= 15 is 0 Å². The van der Waals surface area contributed by atoms with Gasteiger partial charge in [0.05, 0.1) is 21.1 Å². The highest BCUT2D eigenvalue weighted by Crippen LogP contribution is 2.23. The number of aromatic nitrogens is 2. The quantitative estimate of drug-likeness (QED) is 0.651. The number of rotatable bonds is 4. The number of carbonyl (C=O) groups excluding carboxylic acids is 2. The molecule has 1 unspecified atom stereocenters. The fraction of sp³-hybridized carbons (Fsp3) is 0.158. The molecular formula is C19H15Cl2N3O3. The van der Waals surface area contributed by atoms with Gasteiger partial charge in [-0.25, -0.2) is 9.78 Å². The molecule has 1 amide bonds. The van der Waals surface area contributed by atoms with E-state index < -0.39 is 18.0 Å². The number of nitrogens with zero attached hydrogens (tertiary/aromatic N) is 2. The van der Waals surface area contributed by atoms with Crippen molar-refractivity contribution in [2.24, 2.45) is 0 Å². The third-order valence-electron chi connectivity index (χ3n) is 3.77. The lowest BCUT2D eigenvalue weighted by molar-refractivity contribution is -0.123. The van der Waals surface area contributed by atoms with E-state index in [1.54, 1.807) is 25.1 Å². The number of ether oxygens (including phenoxy) is 1. The van der Waals surface area contributed by atoms with Crippen molar-refractivity contribution < 1.29 is 14.3 Å². The predicted octanol–water partition coefficient (Wildman–Crippen LogP) is 4.43. The summed E-state index contributed by atoms with van der Waals surface area (Å²) < 4.78 is 5.32. The van der Waals surface area contributed by atoms with Crippen LogP contribution in [0.5, 0.6) is 0 Å². The molecule has 3 rings (SSSR count). The van der Waals surface area contributed by atoms with Gasteiger partial charge < -0.3 is 10.1 Å². The molecule has 0 fully saturated rings. The zero-order valence-electron chi connectivity index (χ0n) is 14.5. The SMILES string of the molecule is Cc1cc(C(=O)OC(C)C(=O)Nc2ncc(Cl)cc2Cl)c2ccccc2n1. The molecule has 0 aliphatic heterocycles. The number of esters is 1. The van der Waals surface area contributed by atoms with Crippen LogP contribution in [-0.4, -0.2) is 27.9 Å². The molecule has 0 aliphatic carbocycles. The van der Waals surface area contributed by atoms with Crippen molar-refractivity contribution in [1.29, 1.82) is 0 Å². The van der Waals surface area contributed by atoms with Crippen LogP contribution in [0.15, 0.2) is 42.6 Å². The van der Waals surface area contributed by atoms with Gasteiger partial charge >= 0.3 is 5.97 Å². The molecule has 27 heavy (non-hydrogen) atoms. The molecule has 2 heterocycles. The average Bonchev–Trinajstić information content (AvgIpc) is 2.63. The average molecular weight is 404 g/mol. The van der Waals surface area contributed by atoms with Crippen LogP contribution >= 0.6 is 23.2 Å². The van der Waals surface area contributed by atoms with E-state index in [0.717, 1.165) is 0 Å². The summed E-state index contributed by atoms with van der Waals surface area (Å²) in [5.74, 6) is -1.04. The van der Waals surface area contributed by atoms with Crippen molar-refractivity contribution >= 4 is 51.8 Å². The second kappa shape index (κ2) is 7.90. The van der Waals surface area contributed by atoms with Gasteiger partial charge in [-0.1, -0.05) is 41.4 Å². The van der Waals surface area contributed by atoms with E-state index in [-0.39, 0.29) is 10.8 Å². The van der Waals surface area contributed by atoms with Crippen LogP contribution in [0.25, 0.3) is 10.9 Å². The summed E-state index contributed by atoms with van der Waals surface area (Å²) >= 11 is 11.8. The van der Waals surface area contributed by atoms with E-state index in [1.165, 1.54) is 19.2 Å². The summed E-state index contributed by atoms with van der Waals surface area (Å²) in [6.45, 7) is 3.25. The lowest BCUT2D eigenvalue weighted by Crippen LogP contribution is -2.30. The molecule has 6 nitrogen and oxygen atoms in total. The molecular weight excluding hydrogens is 389 g/mol. The Balaban J connectivity index is 1.77. The Labute approximate surface area is 165 Å². The summed E-state index contributed by atoms with van der Waals surface area (Å²) in [5.41, 5.74) is 1.70. The Morgan fingerprint density at radius 2 is 1.93 bits per heavy atom. The summed E-state index contributed by atoms with van der Waals surface area (Å²) in [6, 6.07) is 10.3. The zero-order chi connectivity index (χ0) is 19.6. The van der Waals surface area contributed by atoms with E-state index in [9.17, 15) is 9.59 Å². The van der Waals surface area contributed by atoms with Gasteiger partial charge in [0.15, 0.2) is 11.9 Å². The van der Waals surface area contributed by atoms with Crippen LogP contribution < -0.4 is 5.32 Å². The van der Waals surface area contributed by atoms with Crippen molar-refractivity contribution in [2.45, 2.75) is 20.0 Å². The van der Waals surface area contributed by atoms with Crippen molar-refractivity contribution in [3.63, 3.8) is 0 Å². The van der Waals surface area contributed by atoms with Crippen molar-refractivity contribution in [1.82, 2.24) is 9.97 Å². The number of nitrogens with one attached hydrogen (secondary N) is 1. The maximum Gasteiger partial charge on any atom is 0.339 e. The number of para-hydroxylation sites is 1. The van der Waals surface area contributed by atoms with Gasteiger partial charge in [0.25, 0.3) is 5.91 Å². The monoisotopic (exact) mass is 403 g/mol. The number of pyridine rings is 2. The van der Waals surface area contributed by atoms with Crippen LogP contribution in [0.3, 0.4) is 0 Å². The first-order chi connectivity index (χ1) is 12.8. The van der Waals surface area contributed by atoms with Gasteiger partial charge in [-0.3, -0.25) is 9.78 Å². The van der Waals surface area contributed by atoms with Crippen molar-refractivity contribution in [3.8, 4) is 0 Å². The van der Waals surface area contributed by atoms with Gasteiger partial charge in [0.1, 0.15) is 0 Å². The van der Waals surface area contributed by atoms with Gasteiger partial charge in [0.2, 0.25) is 0 Å². The fourth-order valence-corrected chi connectivity index (χ4v) is 2.91. The lowest BCUT2D eigenvalue weighted by atomic mass is 10.1.